The molecular formula is C19H20N6O. The molecule has 0 amide bonds. The lowest BCUT2D eigenvalue weighted by atomic mass is 10.0. The molecule has 1 unspecified atom stereocenters. The van der Waals surface area contributed by atoms with E-state index in [9.17, 15) is 5.21 Å². The molecule has 132 valence electrons. The number of hydroxylamine groups is 1. The van der Waals surface area contributed by atoms with Crippen LogP contribution in [0.15, 0.2) is 42.6 Å². The number of nitrogens with one attached hydrogen (secondary N) is 3. The van der Waals surface area contributed by atoms with Gasteiger partial charge >= 0.3 is 0 Å². The third-order valence-corrected chi connectivity index (χ3v) is 5.06. The third-order valence-electron chi connectivity index (χ3n) is 5.06. The van der Waals surface area contributed by atoms with Crippen molar-refractivity contribution in [2.24, 2.45) is 0 Å². The summed E-state index contributed by atoms with van der Waals surface area (Å²) >= 11 is 0. The van der Waals surface area contributed by atoms with E-state index in [1.165, 1.54) is 0 Å². The van der Waals surface area contributed by atoms with E-state index < -0.39 is 0 Å². The second-order valence-electron chi connectivity index (χ2n) is 6.65. The third kappa shape index (κ3) is 2.48. The maximum atomic E-state index is 12.6. The SMILES string of the molecule is [O-][NH+]1CNc2c(-c3ccccc3)cc3ncc(N4CCNCC4)nc3c21. The Balaban J connectivity index is 1.69. The van der Waals surface area contributed by atoms with Gasteiger partial charge in [-0.25, -0.2) is 4.98 Å². The van der Waals surface area contributed by atoms with Crippen LogP contribution < -0.4 is 20.6 Å². The number of aromatic nitrogens is 2. The van der Waals surface area contributed by atoms with E-state index in [0.717, 1.165) is 54.3 Å². The summed E-state index contributed by atoms with van der Waals surface area (Å²) in [5, 5.41) is 19.3. The highest BCUT2D eigenvalue weighted by atomic mass is 16.5. The Morgan fingerprint density at radius 2 is 1.92 bits per heavy atom. The fourth-order valence-electron chi connectivity index (χ4n) is 3.74. The van der Waals surface area contributed by atoms with Gasteiger partial charge in [0.05, 0.1) is 11.7 Å². The molecule has 3 heterocycles. The average Bonchev–Trinajstić information content (AvgIpc) is 3.10. The number of rotatable bonds is 2. The molecule has 0 bridgehead atoms. The largest absolute Gasteiger partial charge is 0.627 e. The average molecular weight is 348 g/mol. The van der Waals surface area contributed by atoms with Gasteiger partial charge in [-0.15, -0.1) is 0 Å². The Labute approximate surface area is 151 Å². The fraction of sp³-hybridized carbons (Fsp3) is 0.263. The number of quaternary nitrogens is 1. The lowest BCUT2D eigenvalue weighted by Crippen LogP contribution is -3.01. The molecular weight excluding hydrogens is 328 g/mol. The first-order chi connectivity index (χ1) is 12.8. The number of hydrogen-bond acceptors (Lipinski definition) is 6. The van der Waals surface area contributed by atoms with Crippen LogP contribution in [0.1, 0.15) is 0 Å². The summed E-state index contributed by atoms with van der Waals surface area (Å²) in [5.74, 6) is 0.841. The van der Waals surface area contributed by atoms with Crippen LogP contribution in [0.4, 0.5) is 17.2 Å². The summed E-state index contributed by atoms with van der Waals surface area (Å²) in [6.45, 7) is 3.98. The zero-order valence-corrected chi connectivity index (χ0v) is 14.3. The molecule has 0 aliphatic carbocycles. The molecule has 0 saturated carbocycles. The Kier molecular flexibility index (Phi) is 3.70. The van der Waals surface area contributed by atoms with Crippen molar-refractivity contribution in [3.8, 4) is 11.1 Å². The summed E-state index contributed by atoms with van der Waals surface area (Å²) in [5.41, 5.74) is 5.08. The molecule has 2 aliphatic heterocycles. The topological polar surface area (TPSA) is 80.6 Å². The number of benzene rings is 2. The molecule has 5 rings (SSSR count). The van der Waals surface area contributed by atoms with Crippen molar-refractivity contribution in [3.63, 3.8) is 0 Å². The van der Waals surface area contributed by atoms with E-state index in [-0.39, 0.29) is 5.06 Å². The molecule has 0 spiro atoms. The lowest BCUT2D eigenvalue weighted by Gasteiger charge is -2.28. The first-order valence-electron chi connectivity index (χ1n) is 8.93. The summed E-state index contributed by atoms with van der Waals surface area (Å²) in [7, 11) is 0. The minimum atomic E-state index is 0.0783. The predicted molar refractivity (Wildman–Crippen MR) is 103 cm³/mol. The molecule has 3 N–H and O–H groups in total. The van der Waals surface area contributed by atoms with Gasteiger partial charge in [0.15, 0.2) is 17.9 Å². The predicted octanol–water partition coefficient (Wildman–Crippen LogP) is 1.10. The normalized spacial score (nSPS) is 19.4. The Hall–Kier alpha value is -2.74. The summed E-state index contributed by atoms with van der Waals surface area (Å²) in [4.78, 5) is 11.7. The van der Waals surface area contributed by atoms with E-state index in [2.05, 4.69) is 32.7 Å². The molecule has 1 aromatic heterocycles. The highest BCUT2D eigenvalue weighted by Gasteiger charge is 2.27. The van der Waals surface area contributed by atoms with Gasteiger partial charge in [-0.3, -0.25) is 4.98 Å². The van der Waals surface area contributed by atoms with Gasteiger partial charge < -0.3 is 25.8 Å². The molecule has 2 aliphatic rings. The summed E-state index contributed by atoms with van der Waals surface area (Å²) in [6.07, 6.45) is 1.82. The van der Waals surface area contributed by atoms with Crippen LogP contribution in [0.5, 0.6) is 0 Å². The van der Waals surface area contributed by atoms with Gasteiger partial charge in [0.2, 0.25) is 0 Å². The van der Waals surface area contributed by atoms with Crippen molar-refractivity contribution in [1.29, 1.82) is 0 Å². The maximum absolute atomic E-state index is 12.6. The molecule has 1 saturated heterocycles. The fourth-order valence-corrected chi connectivity index (χ4v) is 3.74. The van der Waals surface area contributed by atoms with Crippen LogP contribution in [-0.2, 0) is 0 Å². The van der Waals surface area contributed by atoms with Crippen LogP contribution in [0.2, 0.25) is 0 Å². The highest BCUT2D eigenvalue weighted by Crippen LogP contribution is 2.39. The quantitative estimate of drug-likeness (QED) is 0.602. The van der Waals surface area contributed by atoms with Gasteiger partial charge in [-0.1, -0.05) is 30.3 Å². The Morgan fingerprint density at radius 1 is 1.12 bits per heavy atom. The van der Waals surface area contributed by atoms with Crippen LogP contribution in [0.25, 0.3) is 22.2 Å². The van der Waals surface area contributed by atoms with Crippen molar-refractivity contribution < 1.29 is 5.06 Å². The minimum Gasteiger partial charge on any atom is -0.627 e. The molecule has 26 heavy (non-hydrogen) atoms. The molecule has 1 atom stereocenters. The van der Waals surface area contributed by atoms with Crippen molar-refractivity contribution >= 4 is 28.2 Å². The molecule has 2 aromatic carbocycles. The zero-order valence-electron chi connectivity index (χ0n) is 14.3. The van der Waals surface area contributed by atoms with E-state index in [0.29, 0.717) is 17.9 Å². The number of nitrogens with zero attached hydrogens (tertiary/aromatic N) is 3. The van der Waals surface area contributed by atoms with E-state index in [1.54, 1.807) is 0 Å². The van der Waals surface area contributed by atoms with Crippen molar-refractivity contribution in [1.82, 2.24) is 15.3 Å². The second kappa shape index (κ2) is 6.21. The van der Waals surface area contributed by atoms with Crippen molar-refractivity contribution in [3.05, 3.63) is 47.8 Å². The van der Waals surface area contributed by atoms with Gasteiger partial charge in [0, 0.05) is 31.7 Å². The first kappa shape index (κ1) is 15.5. The Morgan fingerprint density at radius 3 is 2.73 bits per heavy atom. The highest BCUT2D eigenvalue weighted by molar-refractivity contribution is 6.01. The maximum Gasteiger partial charge on any atom is 0.185 e. The second-order valence-corrected chi connectivity index (χ2v) is 6.65. The molecule has 1 fully saturated rings. The first-order valence-corrected chi connectivity index (χ1v) is 8.93. The molecule has 7 heteroatoms. The number of piperazine rings is 1. The van der Waals surface area contributed by atoms with Gasteiger partial charge in [-0.05, 0) is 11.6 Å². The van der Waals surface area contributed by atoms with Crippen LogP contribution >= 0.6 is 0 Å². The smallest absolute Gasteiger partial charge is 0.185 e. The zero-order chi connectivity index (χ0) is 17.5. The van der Waals surface area contributed by atoms with E-state index in [4.69, 9.17) is 4.98 Å². The van der Waals surface area contributed by atoms with Gasteiger partial charge in [0.1, 0.15) is 11.5 Å². The summed E-state index contributed by atoms with van der Waals surface area (Å²) < 4.78 is 0. The standard InChI is InChI=1S/C19H20N6O/c26-25-12-22-17-14(13-4-2-1-3-5-13)10-15-18(19(17)25)23-16(11-21-15)24-8-6-20-7-9-24/h1-5,10-11,20,22,25H,6-9,12H2. The monoisotopic (exact) mass is 348 g/mol. The number of fused-ring (bicyclic) bond motifs is 3. The van der Waals surface area contributed by atoms with E-state index >= 15 is 0 Å². The van der Waals surface area contributed by atoms with Gasteiger partial charge in [-0.2, -0.15) is 0 Å². The minimum absolute atomic E-state index is 0.0783. The summed E-state index contributed by atoms with van der Waals surface area (Å²) in [6, 6.07) is 12.1. The van der Waals surface area contributed by atoms with Gasteiger partial charge in [0.25, 0.3) is 0 Å². The Bertz CT molecular complexity index is 955. The number of hydrogen-bond donors (Lipinski definition) is 3. The van der Waals surface area contributed by atoms with E-state index in [1.807, 2.05) is 30.5 Å². The number of anilines is 2. The lowest BCUT2D eigenvalue weighted by molar-refractivity contribution is -0.764. The van der Waals surface area contributed by atoms with Crippen LogP contribution in [0.3, 0.4) is 0 Å². The van der Waals surface area contributed by atoms with Crippen LogP contribution in [0, 0.1) is 5.21 Å². The van der Waals surface area contributed by atoms with Crippen LogP contribution in [-0.4, -0.2) is 42.8 Å². The molecule has 3 aromatic rings. The van der Waals surface area contributed by atoms with Crippen molar-refractivity contribution in [2.45, 2.75) is 0 Å². The molecule has 7 nitrogen and oxygen atoms in total. The molecule has 0 radical (unpaired) electrons. The van der Waals surface area contributed by atoms with Crippen molar-refractivity contribution in [2.75, 3.05) is 43.1 Å².